The van der Waals surface area contributed by atoms with Gasteiger partial charge in [0.05, 0.1) is 11.4 Å². The Bertz CT molecular complexity index is 928. The van der Waals surface area contributed by atoms with Crippen LogP contribution in [0.2, 0.25) is 5.02 Å². The molecule has 4 amide bonds. The van der Waals surface area contributed by atoms with Crippen molar-refractivity contribution in [3.8, 4) is 0 Å². The lowest BCUT2D eigenvalue weighted by atomic mass is 9.64. The summed E-state index contributed by atoms with van der Waals surface area (Å²) in [7, 11) is 0. The van der Waals surface area contributed by atoms with Gasteiger partial charge in [0, 0.05) is 18.1 Å². The molecule has 7 nitrogen and oxygen atoms in total. The zero-order valence-corrected chi connectivity index (χ0v) is 19.9. The van der Waals surface area contributed by atoms with Crippen LogP contribution in [0.4, 0.5) is 16.2 Å². The molecular weight excluding hydrogens is 428 g/mol. The Morgan fingerprint density at radius 1 is 1.19 bits per heavy atom. The number of hydrogen-bond donors (Lipinski definition) is 2. The number of rotatable bonds is 4. The van der Waals surface area contributed by atoms with Gasteiger partial charge in [-0.2, -0.15) is 0 Å². The van der Waals surface area contributed by atoms with Gasteiger partial charge in [-0.1, -0.05) is 32.4 Å². The number of nitrogens with one attached hydrogen (secondary N) is 2. The van der Waals surface area contributed by atoms with Gasteiger partial charge in [0.15, 0.2) is 0 Å². The first kappa shape index (κ1) is 22.9. The molecule has 1 aliphatic carbocycles. The van der Waals surface area contributed by atoms with Crippen molar-refractivity contribution in [2.45, 2.75) is 64.8 Å². The van der Waals surface area contributed by atoms with Gasteiger partial charge in [-0.05, 0) is 68.1 Å². The molecule has 1 aromatic carbocycles. The molecule has 0 aromatic heterocycles. The van der Waals surface area contributed by atoms with E-state index < -0.39 is 17.5 Å². The smallest absolute Gasteiger partial charge is 0.325 e. The van der Waals surface area contributed by atoms with Gasteiger partial charge in [-0.15, -0.1) is 0 Å². The van der Waals surface area contributed by atoms with Crippen molar-refractivity contribution in [2.75, 3.05) is 29.9 Å². The van der Waals surface area contributed by atoms with E-state index in [4.69, 9.17) is 11.6 Å². The van der Waals surface area contributed by atoms with E-state index in [0.29, 0.717) is 29.5 Å². The predicted octanol–water partition coefficient (Wildman–Crippen LogP) is 4.41. The van der Waals surface area contributed by atoms with E-state index in [1.165, 1.54) is 6.42 Å². The number of piperidine rings is 1. The van der Waals surface area contributed by atoms with Gasteiger partial charge in [-0.3, -0.25) is 14.5 Å². The van der Waals surface area contributed by atoms with Crippen LogP contribution < -0.4 is 15.5 Å². The van der Waals surface area contributed by atoms with E-state index in [9.17, 15) is 14.4 Å². The largest absolute Gasteiger partial charge is 0.370 e. The van der Waals surface area contributed by atoms with E-state index in [0.717, 1.165) is 42.9 Å². The highest BCUT2D eigenvalue weighted by Gasteiger charge is 2.56. The minimum Gasteiger partial charge on any atom is -0.370 e. The molecule has 0 bridgehead atoms. The van der Waals surface area contributed by atoms with E-state index in [-0.39, 0.29) is 17.9 Å². The van der Waals surface area contributed by atoms with Gasteiger partial charge >= 0.3 is 6.03 Å². The van der Waals surface area contributed by atoms with Crippen LogP contribution in [-0.2, 0) is 9.59 Å². The van der Waals surface area contributed by atoms with Crippen molar-refractivity contribution in [2.24, 2.45) is 11.3 Å². The van der Waals surface area contributed by atoms with Crippen LogP contribution >= 0.6 is 11.6 Å². The fourth-order valence-electron chi connectivity index (χ4n) is 6.00. The number of imide groups is 1. The summed E-state index contributed by atoms with van der Waals surface area (Å²) >= 11 is 6.20. The monoisotopic (exact) mass is 460 g/mol. The van der Waals surface area contributed by atoms with Crippen LogP contribution in [0.5, 0.6) is 0 Å². The molecule has 4 rings (SSSR count). The number of hydrogen-bond acceptors (Lipinski definition) is 4. The van der Waals surface area contributed by atoms with Gasteiger partial charge < -0.3 is 15.5 Å². The molecule has 32 heavy (non-hydrogen) atoms. The Morgan fingerprint density at radius 3 is 2.59 bits per heavy atom. The summed E-state index contributed by atoms with van der Waals surface area (Å²) in [6, 6.07) is 4.96. The zero-order chi connectivity index (χ0) is 23.1. The molecule has 3 fully saturated rings. The first-order valence-electron chi connectivity index (χ1n) is 11.6. The molecule has 1 spiro atoms. The number of halogens is 1. The maximum atomic E-state index is 13.3. The highest BCUT2D eigenvalue weighted by atomic mass is 35.5. The molecule has 2 aliphatic heterocycles. The summed E-state index contributed by atoms with van der Waals surface area (Å²) in [5.74, 6) is -0.385. The average molecular weight is 461 g/mol. The third kappa shape index (κ3) is 4.58. The Hall–Kier alpha value is -2.28. The highest BCUT2D eigenvalue weighted by molar-refractivity contribution is 6.31. The Balaban J connectivity index is 1.49. The van der Waals surface area contributed by atoms with Crippen molar-refractivity contribution in [1.29, 1.82) is 0 Å². The molecule has 2 saturated heterocycles. The van der Waals surface area contributed by atoms with Crippen molar-refractivity contribution >= 4 is 40.8 Å². The molecular formula is C24H33ClN4O3. The quantitative estimate of drug-likeness (QED) is 0.652. The second-order valence-electron chi connectivity index (χ2n) is 10.5. The molecule has 2 atom stereocenters. The Labute approximate surface area is 194 Å². The molecule has 8 heteroatoms. The molecule has 2 heterocycles. The summed E-state index contributed by atoms with van der Waals surface area (Å²) in [5.41, 5.74) is 0.564. The third-order valence-electron chi connectivity index (χ3n) is 6.86. The van der Waals surface area contributed by atoms with E-state index >= 15 is 0 Å². The van der Waals surface area contributed by atoms with Crippen LogP contribution in [0.25, 0.3) is 0 Å². The SMILES string of the molecule is CC1CC(C)(C)CC2(C1)NC(=O)N(CC(=O)Nc1cc(Cl)ccc1N1CCCCC1)C2=O. The fourth-order valence-corrected chi connectivity index (χ4v) is 6.17. The fraction of sp³-hybridized carbons (Fsp3) is 0.625. The molecule has 2 unspecified atom stereocenters. The van der Waals surface area contributed by atoms with Crippen LogP contribution in [-0.4, -0.2) is 47.9 Å². The first-order chi connectivity index (χ1) is 15.1. The summed E-state index contributed by atoms with van der Waals surface area (Å²) < 4.78 is 0. The number of benzene rings is 1. The molecule has 2 N–H and O–H groups in total. The van der Waals surface area contributed by atoms with Crippen LogP contribution in [0, 0.1) is 11.3 Å². The van der Waals surface area contributed by atoms with Crippen LogP contribution in [0.3, 0.4) is 0 Å². The van der Waals surface area contributed by atoms with Crippen molar-refractivity contribution in [3.05, 3.63) is 23.2 Å². The minimum atomic E-state index is -0.909. The molecule has 0 radical (unpaired) electrons. The summed E-state index contributed by atoms with van der Waals surface area (Å²) in [4.78, 5) is 42.3. The second kappa shape index (κ2) is 8.58. The van der Waals surface area contributed by atoms with Crippen molar-refractivity contribution in [3.63, 3.8) is 0 Å². The average Bonchev–Trinajstić information content (AvgIpc) is 2.90. The topological polar surface area (TPSA) is 81.8 Å². The van der Waals surface area contributed by atoms with Crippen molar-refractivity contribution < 1.29 is 14.4 Å². The summed E-state index contributed by atoms with van der Waals surface area (Å²) in [5, 5.41) is 6.34. The molecule has 1 saturated carbocycles. The lowest BCUT2D eigenvalue weighted by Gasteiger charge is -2.43. The summed E-state index contributed by atoms with van der Waals surface area (Å²) in [6.07, 6.45) is 5.61. The lowest BCUT2D eigenvalue weighted by Crippen LogP contribution is -2.54. The molecule has 3 aliphatic rings. The minimum absolute atomic E-state index is 0.0526. The first-order valence-corrected chi connectivity index (χ1v) is 11.9. The normalized spacial score (nSPS) is 27.6. The van der Waals surface area contributed by atoms with E-state index in [2.05, 4.69) is 36.3 Å². The predicted molar refractivity (Wildman–Crippen MR) is 126 cm³/mol. The van der Waals surface area contributed by atoms with Gasteiger partial charge in [0.2, 0.25) is 5.91 Å². The lowest BCUT2D eigenvalue weighted by molar-refractivity contribution is -0.136. The summed E-state index contributed by atoms with van der Waals surface area (Å²) in [6.45, 7) is 7.90. The highest BCUT2D eigenvalue weighted by Crippen LogP contribution is 2.46. The van der Waals surface area contributed by atoms with Gasteiger partial charge in [0.1, 0.15) is 12.1 Å². The Morgan fingerprint density at radius 2 is 1.91 bits per heavy atom. The van der Waals surface area contributed by atoms with Crippen molar-refractivity contribution in [1.82, 2.24) is 10.2 Å². The second-order valence-corrected chi connectivity index (χ2v) is 11.0. The standard InChI is InChI=1S/C24H33ClN4O3/c1-16-12-23(2,3)15-24(13-16)21(31)29(22(32)27-24)14-20(30)26-18-11-17(25)7-8-19(18)28-9-5-4-6-10-28/h7-8,11,16H,4-6,9-10,12-15H2,1-3H3,(H,26,30)(H,27,32). The Kier molecular flexibility index (Phi) is 6.14. The number of amides is 4. The van der Waals surface area contributed by atoms with Gasteiger partial charge in [-0.25, -0.2) is 4.79 Å². The van der Waals surface area contributed by atoms with Gasteiger partial charge in [0.25, 0.3) is 5.91 Å². The number of anilines is 2. The van der Waals surface area contributed by atoms with Crippen LogP contribution in [0.1, 0.15) is 59.3 Å². The maximum absolute atomic E-state index is 13.3. The third-order valence-corrected chi connectivity index (χ3v) is 7.09. The molecule has 174 valence electrons. The van der Waals surface area contributed by atoms with E-state index in [1.807, 2.05) is 12.1 Å². The van der Waals surface area contributed by atoms with E-state index in [1.54, 1.807) is 6.07 Å². The number of nitrogens with zero attached hydrogens (tertiary/aromatic N) is 2. The zero-order valence-electron chi connectivity index (χ0n) is 19.2. The number of carbonyl (C=O) groups is 3. The number of urea groups is 1. The number of carbonyl (C=O) groups excluding carboxylic acids is 3. The molecule has 1 aromatic rings. The van der Waals surface area contributed by atoms with Crippen LogP contribution in [0.15, 0.2) is 18.2 Å². The maximum Gasteiger partial charge on any atom is 0.325 e.